The predicted molar refractivity (Wildman–Crippen MR) is 94.7 cm³/mol. The van der Waals surface area contributed by atoms with Gasteiger partial charge in [0.1, 0.15) is 0 Å². The Balaban J connectivity index is 0.00000264. The second-order valence-electron chi connectivity index (χ2n) is 6.16. The lowest BCUT2D eigenvalue weighted by atomic mass is 9.81. The molecule has 0 unspecified atom stereocenters. The molecule has 1 aromatic carbocycles. The molecular weight excluding hydrogens is 338 g/mol. The van der Waals surface area contributed by atoms with Crippen molar-refractivity contribution in [3.63, 3.8) is 0 Å². The highest BCUT2D eigenvalue weighted by atomic mass is 35.5. The quantitative estimate of drug-likeness (QED) is 0.743. The minimum atomic E-state index is -3.42. The summed E-state index contributed by atoms with van der Waals surface area (Å²) in [5.74, 6) is -0.258. The van der Waals surface area contributed by atoms with Gasteiger partial charge in [-0.15, -0.1) is 12.4 Å². The fourth-order valence-electron chi connectivity index (χ4n) is 2.57. The van der Waals surface area contributed by atoms with Gasteiger partial charge < -0.3 is 10.6 Å². The third-order valence-electron chi connectivity index (χ3n) is 3.95. The number of nitrogens with one attached hydrogen (secondary N) is 3. The molecule has 1 aromatic rings. The molecular formula is C15H24ClN3O3S. The Morgan fingerprint density at radius 1 is 1.26 bits per heavy atom. The number of para-hydroxylation sites is 1. The van der Waals surface area contributed by atoms with Crippen molar-refractivity contribution in [1.82, 2.24) is 10.6 Å². The Morgan fingerprint density at radius 2 is 1.87 bits per heavy atom. The van der Waals surface area contributed by atoms with Gasteiger partial charge in [0, 0.05) is 6.54 Å². The highest BCUT2D eigenvalue weighted by molar-refractivity contribution is 7.92. The van der Waals surface area contributed by atoms with E-state index >= 15 is 0 Å². The number of hydrogen-bond donors (Lipinski definition) is 3. The van der Waals surface area contributed by atoms with Gasteiger partial charge >= 0.3 is 0 Å². The number of halogens is 1. The van der Waals surface area contributed by atoms with Gasteiger partial charge in [-0.05, 0) is 43.5 Å². The molecule has 1 saturated heterocycles. The van der Waals surface area contributed by atoms with E-state index in [1.807, 2.05) is 0 Å². The average molecular weight is 362 g/mol. The zero-order valence-corrected chi connectivity index (χ0v) is 15.0. The van der Waals surface area contributed by atoms with Crippen molar-refractivity contribution in [3.8, 4) is 0 Å². The lowest BCUT2D eigenvalue weighted by Gasteiger charge is -2.34. The van der Waals surface area contributed by atoms with Crippen LogP contribution in [-0.4, -0.2) is 40.2 Å². The van der Waals surface area contributed by atoms with E-state index in [9.17, 15) is 13.2 Å². The van der Waals surface area contributed by atoms with Gasteiger partial charge in [-0.3, -0.25) is 9.52 Å². The van der Waals surface area contributed by atoms with Gasteiger partial charge in [0.2, 0.25) is 10.0 Å². The third-order valence-corrected chi connectivity index (χ3v) is 4.54. The number of rotatable bonds is 5. The van der Waals surface area contributed by atoms with E-state index in [-0.39, 0.29) is 23.7 Å². The molecule has 0 radical (unpaired) electrons. The van der Waals surface area contributed by atoms with Gasteiger partial charge in [-0.25, -0.2) is 8.42 Å². The summed E-state index contributed by atoms with van der Waals surface area (Å²) < 4.78 is 25.1. The molecule has 6 nitrogen and oxygen atoms in total. The van der Waals surface area contributed by atoms with Crippen molar-refractivity contribution in [1.29, 1.82) is 0 Å². The van der Waals surface area contributed by atoms with Crippen LogP contribution in [0, 0.1) is 5.41 Å². The summed E-state index contributed by atoms with van der Waals surface area (Å²) in [5.41, 5.74) is 0.726. The zero-order valence-electron chi connectivity index (χ0n) is 13.4. The Labute approximate surface area is 143 Å². The van der Waals surface area contributed by atoms with Crippen LogP contribution in [0.5, 0.6) is 0 Å². The standard InChI is InChI=1S/C15H23N3O3S.ClH/c1-15(7-9-16-10-8-15)11-17-14(19)12-5-3-4-6-13(12)18-22(2,20)21;/h3-6,16,18H,7-11H2,1-2H3,(H,17,19);1H. The maximum Gasteiger partial charge on any atom is 0.253 e. The van der Waals surface area contributed by atoms with Crippen molar-refractivity contribution in [3.05, 3.63) is 29.8 Å². The van der Waals surface area contributed by atoms with E-state index in [1.165, 1.54) is 0 Å². The maximum atomic E-state index is 12.4. The largest absolute Gasteiger partial charge is 0.351 e. The molecule has 0 bridgehead atoms. The molecule has 130 valence electrons. The van der Waals surface area contributed by atoms with Crippen molar-refractivity contribution < 1.29 is 13.2 Å². The molecule has 1 aliphatic rings. The fourth-order valence-corrected chi connectivity index (χ4v) is 3.14. The second-order valence-corrected chi connectivity index (χ2v) is 7.91. The number of benzene rings is 1. The molecule has 1 aliphatic heterocycles. The van der Waals surface area contributed by atoms with Crippen LogP contribution in [-0.2, 0) is 10.0 Å². The number of sulfonamides is 1. The molecule has 1 amide bonds. The first kappa shape index (κ1) is 19.7. The fraction of sp³-hybridized carbons (Fsp3) is 0.533. The van der Waals surface area contributed by atoms with Crippen LogP contribution in [0.1, 0.15) is 30.1 Å². The first-order chi connectivity index (χ1) is 10.3. The normalized spacial score (nSPS) is 17.0. The Kier molecular flexibility index (Phi) is 6.85. The lowest BCUT2D eigenvalue weighted by Crippen LogP contribution is -2.43. The molecule has 3 N–H and O–H groups in total. The molecule has 0 saturated carbocycles. The Morgan fingerprint density at radius 3 is 2.48 bits per heavy atom. The van der Waals surface area contributed by atoms with E-state index in [4.69, 9.17) is 0 Å². The summed E-state index contributed by atoms with van der Waals surface area (Å²) in [6, 6.07) is 6.61. The topological polar surface area (TPSA) is 87.3 Å². The Hall–Kier alpha value is -1.31. The minimum Gasteiger partial charge on any atom is -0.351 e. The van der Waals surface area contributed by atoms with Crippen LogP contribution in [0.2, 0.25) is 0 Å². The molecule has 8 heteroatoms. The van der Waals surface area contributed by atoms with Gasteiger partial charge in [0.25, 0.3) is 5.91 Å². The Bertz CT molecular complexity index is 643. The second kappa shape index (κ2) is 7.99. The summed E-state index contributed by atoms with van der Waals surface area (Å²) in [7, 11) is -3.42. The summed E-state index contributed by atoms with van der Waals surface area (Å²) in [4.78, 5) is 12.4. The highest BCUT2D eigenvalue weighted by Crippen LogP contribution is 2.27. The highest BCUT2D eigenvalue weighted by Gasteiger charge is 2.27. The predicted octanol–water partition coefficient (Wildman–Crippen LogP) is 1.60. The van der Waals surface area contributed by atoms with Crippen LogP contribution >= 0.6 is 12.4 Å². The molecule has 1 fully saturated rings. The number of amides is 1. The van der Waals surface area contributed by atoms with Gasteiger partial charge in [-0.1, -0.05) is 19.1 Å². The van der Waals surface area contributed by atoms with E-state index in [2.05, 4.69) is 22.3 Å². The molecule has 0 atom stereocenters. The number of hydrogen-bond acceptors (Lipinski definition) is 4. The lowest BCUT2D eigenvalue weighted by molar-refractivity contribution is 0.0923. The SMILES string of the molecule is CC1(CNC(=O)c2ccccc2NS(C)(=O)=O)CCNCC1.Cl. The summed E-state index contributed by atoms with van der Waals surface area (Å²) >= 11 is 0. The van der Waals surface area contributed by atoms with E-state index in [0.29, 0.717) is 17.8 Å². The van der Waals surface area contributed by atoms with Crippen molar-refractivity contribution in [2.45, 2.75) is 19.8 Å². The number of piperidine rings is 1. The maximum absolute atomic E-state index is 12.4. The van der Waals surface area contributed by atoms with Crippen LogP contribution in [0.3, 0.4) is 0 Å². The zero-order chi connectivity index (χ0) is 16.2. The minimum absolute atomic E-state index is 0. The van der Waals surface area contributed by atoms with Crippen LogP contribution in [0.15, 0.2) is 24.3 Å². The average Bonchev–Trinajstić information content (AvgIpc) is 2.45. The summed E-state index contributed by atoms with van der Waals surface area (Å²) in [6.45, 7) is 4.66. The van der Waals surface area contributed by atoms with Gasteiger partial charge in [0.05, 0.1) is 17.5 Å². The smallest absolute Gasteiger partial charge is 0.253 e. The first-order valence-electron chi connectivity index (χ1n) is 7.35. The van der Waals surface area contributed by atoms with Crippen molar-refractivity contribution in [2.24, 2.45) is 5.41 Å². The van der Waals surface area contributed by atoms with Crippen LogP contribution in [0.25, 0.3) is 0 Å². The van der Waals surface area contributed by atoms with E-state index in [1.54, 1.807) is 24.3 Å². The van der Waals surface area contributed by atoms with Crippen LogP contribution < -0.4 is 15.4 Å². The molecule has 1 heterocycles. The molecule has 0 spiro atoms. The van der Waals surface area contributed by atoms with Crippen LogP contribution in [0.4, 0.5) is 5.69 Å². The first-order valence-corrected chi connectivity index (χ1v) is 9.24. The number of anilines is 1. The van der Waals surface area contributed by atoms with E-state index in [0.717, 1.165) is 32.2 Å². The summed E-state index contributed by atoms with van der Waals surface area (Å²) in [6.07, 6.45) is 3.09. The molecule has 2 rings (SSSR count). The molecule has 23 heavy (non-hydrogen) atoms. The number of carbonyl (C=O) groups excluding carboxylic acids is 1. The monoisotopic (exact) mass is 361 g/mol. The molecule has 0 aromatic heterocycles. The van der Waals surface area contributed by atoms with Crippen molar-refractivity contribution >= 4 is 34.0 Å². The van der Waals surface area contributed by atoms with E-state index < -0.39 is 10.0 Å². The van der Waals surface area contributed by atoms with Gasteiger partial charge in [-0.2, -0.15) is 0 Å². The number of carbonyl (C=O) groups is 1. The van der Waals surface area contributed by atoms with Gasteiger partial charge in [0.15, 0.2) is 0 Å². The summed E-state index contributed by atoms with van der Waals surface area (Å²) in [5, 5.41) is 6.24. The molecule has 0 aliphatic carbocycles. The third kappa shape index (κ3) is 6.01. The van der Waals surface area contributed by atoms with Crippen molar-refractivity contribution in [2.75, 3.05) is 30.6 Å².